The summed E-state index contributed by atoms with van der Waals surface area (Å²) in [5.74, 6) is 0.0176. The van der Waals surface area contributed by atoms with E-state index < -0.39 is 9.75 Å². The zero-order valence-electron chi connectivity index (χ0n) is 14.3. The molecule has 1 heterocycles. The number of carbonyl (C=O) groups is 2. The molecule has 1 N–H and O–H groups in total. The number of hydrogen-bond acceptors (Lipinski definition) is 3. The van der Waals surface area contributed by atoms with Crippen LogP contribution >= 0.6 is 23.2 Å². The van der Waals surface area contributed by atoms with Crippen LogP contribution in [0.2, 0.25) is 0 Å². The van der Waals surface area contributed by atoms with E-state index in [1.165, 1.54) is 0 Å². The highest BCUT2D eigenvalue weighted by molar-refractivity contribution is 6.53. The first-order chi connectivity index (χ1) is 11.8. The minimum atomic E-state index is -0.932. The molecular weight excluding hydrogens is 361 g/mol. The van der Waals surface area contributed by atoms with Gasteiger partial charge in [-0.2, -0.15) is 0 Å². The highest BCUT2D eigenvalue weighted by atomic mass is 35.5. The number of nitrogens with zero attached hydrogens (tertiary/aromatic N) is 2. The number of alkyl halides is 2. The van der Waals surface area contributed by atoms with E-state index in [2.05, 4.69) is 10.2 Å². The van der Waals surface area contributed by atoms with Crippen LogP contribution in [0, 0.1) is 5.41 Å². The smallest absolute Gasteiger partial charge is 0.234 e. The molecule has 1 saturated carbocycles. The van der Waals surface area contributed by atoms with E-state index in [-0.39, 0.29) is 11.8 Å². The Morgan fingerprint density at radius 3 is 2.28 bits per heavy atom. The predicted octanol–water partition coefficient (Wildman–Crippen LogP) is 2.03. The maximum Gasteiger partial charge on any atom is 0.234 e. The summed E-state index contributed by atoms with van der Waals surface area (Å²) in [6.45, 7) is 5.26. The Kier molecular flexibility index (Phi) is 5.28. The first-order valence-electron chi connectivity index (χ1n) is 8.52. The van der Waals surface area contributed by atoms with Gasteiger partial charge in [-0.05, 0) is 18.9 Å². The van der Waals surface area contributed by atoms with Crippen molar-refractivity contribution in [2.24, 2.45) is 5.41 Å². The van der Waals surface area contributed by atoms with Gasteiger partial charge in [0.1, 0.15) is 4.33 Å². The number of halogens is 2. The van der Waals surface area contributed by atoms with Crippen molar-refractivity contribution < 1.29 is 9.59 Å². The fourth-order valence-electron chi connectivity index (χ4n) is 3.15. The van der Waals surface area contributed by atoms with E-state index in [1.807, 2.05) is 42.2 Å². The normalized spacial score (nSPS) is 25.5. The number of rotatable bonds is 5. The quantitative estimate of drug-likeness (QED) is 0.791. The molecule has 0 bridgehead atoms. The summed E-state index contributed by atoms with van der Waals surface area (Å²) >= 11 is 12.2. The number of hydrogen-bond donors (Lipinski definition) is 1. The van der Waals surface area contributed by atoms with Gasteiger partial charge in [0.25, 0.3) is 0 Å². The van der Waals surface area contributed by atoms with E-state index in [4.69, 9.17) is 23.2 Å². The number of carbonyl (C=O) groups excluding carboxylic acids is 2. The number of benzene rings is 1. The van der Waals surface area contributed by atoms with Crippen LogP contribution in [0.1, 0.15) is 18.9 Å². The van der Waals surface area contributed by atoms with Gasteiger partial charge in [-0.1, -0.05) is 30.3 Å². The molecule has 1 atom stereocenters. The molecule has 0 spiro atoms. The van der Waals surface area contributed by atoms with Crippen molar-refractivity contribution in [1.82, 2.24) is 15.1 Å². The first kappa shape index (κ1) is 18.5. The lowest BCUT2D eigenvalue weighted by Gasteiger charge is -2.36. The molecule has 5 nitrogen and oxygen atoms in total. The summed E-state index contributed by atoms with van der Waals surface area (Å²) < 4.78 is -0.932. The third-order valence-electron chi connectivity index (χ3n) is 5.09. The van der Waals surface area contributed by atoms with Gasteiger partial charge < -0.3 is 10.2 Å². The Hall–Kier alpha value is -1.30. The Labute approximate surface area is 158 Å². The Bertz CT molecular complexity index is 645. The average molecular weight is 384 g/mol. The predicted molar refractivity (Wildman–Crippen MR) is 98.5 cm³/mol. The summed E-state index contributed by atoms with van der Waals surface area (Å²) in [7, 11) is 0. The van der Waals surface area contributed by atoms with Crippen LogP contribution in [0.15, 0.2) is 30.3 Å². The van der Waals surface area contributed by atoms with Gasteiger partial charge >= 0.3 is 0 Å². The molecule has 2 fully saturated rings. The van der Waals surface area contributed by atoms with Crippen molar-refractivity contribution in [3.63, 3.8) is 0 Å². The van der Waals surface area contributed by atoms with Gasteiger partial charge in [0.15, 0.2) is 0 Å². The second-order valence-electron chi connectivity index (χ2n) is 7.04. The zero-order chi connectivity index (χ0) is 18.1. The molecule has 1 unspecified atom stereocenters. The summed E-state index contributed by atoms with van der Waals surface area (Å²) in [6, 6.07) is 9.82. The second kappa shape index (κ2) is 7.14. The molecule has 25 heavy (non-hydrogen) atoms. The van der Waals surface area contributed by atoms with Crippen LogP contribution in [0.4, 0.5) is 0 Å². The lowest BCUT2D eigenvalue weighted by atomic mass is 10.1. The van der Waals surface area contributed by atoms with Crippen LogP contribution in [0.3, 0.4) is 0 Å². The molecule has 7 heteroatoms. The highest BCUT2D eigenvalue weighted by Gasteiger charge is 2.68. The SMILES string of the molecule is CC1(C(=O)N2CCN(CC(=O)NCc3ccccc3)CC2)CC1(Cl)Cl. The summed E-state index contributed by atoms with van der Waals surface area (Å²) in [6.07, 6.45) is 0.504. The topological polar surface area (TPSA) is 52.7 Å². The van der Waals surface area contributed by atoms with Gasteiger partial charge in [0.05, 0.1) is 12.0 Å². The van der Waals surface area contributed by atoms with Gasteiger partial charge in [-0.15, -0.1) is 23.2 Å². The van der Waals surface area contributed by atoms with E-state index in [0.717, 1.165) is 5.56 Å². The molecule has 1 aliphatic heterocycles. The van der Waals surface area contributed by atoms with Crippen molar-refractivity contribution in [2.45, 2.75) is 24.2 Å². The molecular formula is C18H23Cl2N3O2. The molecule has 1 aliphatic carbocycles. The fourth-order valence-corrected chi connectivity index (χ4v) is 3.84. The van der Waals surface area contributed by atoms with Gasteiger partial charge in [-0.25, -0.2) is 0 Å². The zero-order valence-corrected chi connectivity index (χ0v) is 15.8. The summed E-state index contributed by atoms with van der Waals surface area (Å²) in [5, 5.41) is 2.93. The van der Waals surface area contributed by atoms with Gasteiger partial charge in [0, 0.05) is 32.7 Å². The van der Waals surface area contributed by atoms with E-state index in [9.17, 15) is 9.59 Å². The standard InChI is InChI=1S/C18H23Cl2N3O2/c1-17(13-18(17,19)20)16(25)23-9-7-22(8-10-23)12-15(24)21-11-14-5-3-2-4-6-14/h2-6H,7-13H2,1H3,(H,21,24). The Morgan fingerprint density at radius 1 is 1.12 bits per heavy atom. The minimum Gasteiger partial charge on any atom is -0.351 e. The van der Waals surface area contributed by atoms with Crippen LogP contribution in [-0.4, -0.2) is 58.7 Å². The van der Waals surface area contributed by atoms with E-state index >= 15 is 0 Å². The van der Waals surface area contributed by atoms with Crippen molar-refractivity contribution in [2.75, 3.05) is 32.7 Å². The van der Waals surface area contributed by atoms with Crippen LogP contribution in [0.25, 0.3) is 0 Å². The van der Waals surface area contributed by atoms with Crippen LogP contribution in [0.5, 0.6) is 0 Å². The molecule has 136 valence electrons. The minimum absolute atomic E-state index is 0.00156. The third kappa shape index (κ3) is 4.10. The molecule has 1 aromatic rings. The molecule has 2 amide bonds. The number of piperazine rings is 1. The highest BCUT2D eigenvalue weighted by Crippen LogP contribution is 2.64. The summed E-state index contributed by atoms with van der Waals surface area (Å²) in [4.78, 5) is 28.5. The monoisotopic (exact) mass is 383 g/mol. The number of nitrogens with one attached hydrogen (secondary N) is 1. The lowest BCUT2D eigenvalue weighted by molar-refractivity contribution is -0.138. The molecule has 3 rings (SSSR count). The number of amides is 2. The summed E-state index contributed by atoms with van der Waals surface area (Å²) in [5.41, 5.74) is 0.417. The molecule has 1 saturated heterocycles. The molecule has 2 aliphatic rings. The van der Waals surface area contributed by atoms with Crippen molar-refractivity contribution >= 4 is 35.0 Å². The van der Waals surface area contributed by atoms with Gasteiger partial charge in [-0.3, -0.25) is 14.5 Å². The van der Waals surface area contributed by atoms with Crippen LogP contribution < -0.4 is 5.32 Å². The lowest BCUT2D eigenvalue weighted by Crippen LogP contribution is -2.52. The fraction of sp³-hybridized carbons (Fsp3) is 0.556. The van der Waals surface area contributed by atoms with Gasteiger partial charge in [0.2, 0.25) is 11.8 Å². The van der Waals surface area contributed by atoms with E-state index in [1.54, 1.807) is 0 Å². The second-order valence-corrected chi connectivity index (χ2v) is 8.53. The van der Waals surface area contributed by atoms with E-state index in [0.29, 0.717) is 45.7 Å². The molecule has 0 aromatic heterocycles. The largest absolute Gasteiger partial charge is 0.351 e. The van der Waals surface area contributed by atoms with Crippen molar-refractivity contribution in [3.8, 4) is 0 Å². The molecule has 0 radical (unpaired) electrons. The maximum atomic E-state index is 12.5. The van der Waals surface area contributed by atoms with Crippen molar-refractivity contribution in [1.29, 1.82) is 0 Å². The maximum absolute atomic E-state index is 12.5. The Morgan fingerprint density at radius 2 is 1.72 bits per heavy atom. The average Bonchev–Trinajstić information content (AvgIpc) is 3.13. The Balaban J connectivity index is 1.40. The van der Waals surface area contributed by atoms with Crippen LogP contribution in [-0.2, 0) is 16.1 Å². The first-order valence-corrected chi connectivity index (χ1v) is 9.28. The van der Waals surface area contributed by atoms with Crippen molar-refractivity contribution in [3.05, 3.63) is 35.9 Å². The third-order valence-corrected chi connectivity index (χ3v) is 6.19. The molecule has 1 aromatic carbocycles.